The first-order chi connectivity index (χ1) is 16.5. The van der Waals surface area contributed by atoms with E-state index in [4.69, 9.17) is 20.9 Å². The summed E-state index contributed by atoms with van der Waals surface area (Å²) in [5, 5.41) is 6.63. The molecule has 8 heteroatoms. The number of aryl methyl sites for hydroxylation is 2. The lowest BCUT2D eigenvalue weighted by molar-refractivity contribution is 0.0742. The van der Waals surface area contributed by atoms with Crippen LogP contribution in [0, 0.1) is 13.8 Å². The number of rotatable bonds is 5. The summed E-state index contributed by atoms with van der Waals surface area (Å²) in [6.45, 7) is 6.49. The fourth-order valence-corrected chi connectivity index (χ4v) is 4.51. The maximum Gasteiger partial charge on any atom is 0.257 e. The predicted octanol–water partition coefficient (Wildman–Crippen LogP) is 5.03. The summed E-state index contributed by atoms with van der Waals surface area (Å²) in [4.78, 5) is 22.0. The summed E-state index contributed by atoms with van der Waals surface area (Å²) in [5.74, 6) is 1.98. The Kier molecular flexibility index (Phi) is 6.11. The van der Waals surface area contributed by atoms with Gasteiger partial charge in [0.1, 0.15) is 23.9 Å². The Balaban J connectivity index is 1.39. The Morgan fingerprint density at radius 2 is 1.79 bits per heavy atom. The summed E-state index contributed by atoms with van der Waals surface area (Å²) in [6, 6.07) is 15.5. The normalized spacial score (nSPS) is 14.0. The number of aromatic nitrogens is 2. The standard InChI is InChI=1S/C26H25ClN4O3/c1-17-22(18(2)34-29-17)16-33-24-15-20-7-4-3-6-19(20)14-21(24)26(32)31-12-10-30(11-13-31)25-23(27)8-5-9-28-25/h3-9,14-15H,10-13,16H2,1-2H3. The van der Waals surface area contributed by atoms with Gasteiger partial charge in [0, 0.05) is 32.4 Å². The SMILES string of the molecule is Cc1noc(C)c1COc1cc2ccccc2cc1C(=O)N1CCN(c2ncccc2Cl)CC1. The summed E-state index contributed by atoms with van der Waals surface area (Å²) in [5.41, 5.74) is 2.23. The molecule has 0 atom stereocenters. The number of nitrogens with zero attached hydrogens (tertiary/aromatic N) is 4. The van der Waals surface area contributed by atoms with E-state index >= 15 is 0 Å². The van der Waals surface area contributed by atoms with Crippen molar-refractivity contribution in [1.82, 2.24) is 15.0 Å². The van der Waals surface area contributed by atoms with Crippen molar-refractivity contribution in [3.05, 3.63) is 82.3 Å². The van der Waals surface area contributed by atoms with Gasteiger partial charge in [-0.05, 0) is 48.9 Å². The predicted molar refractivity (Wildman–Crippen MR) is 132 cm³/mol. The van der Waals surface area contributed by atoms with E-state index in [2.05, 4.69) is 15.0 Å². The van der Waals surface area contributed by atoms with Gasteiger partial charge in [0.25, 0.3) is 5.91 Å². The van der Waals surface area contributed by atoms with Crippen LogP contribution in [-0.2, 0) is 6.61 Å². The van der Waals surface area contributed by atoms with E-state index in [0.29, 0.717) is 42.5 Å². The molecule has 1 aliphatic rings. The number of amides is 1. The molecule has 1 fully saturated rings. The van der Waals surface area contributed by atoms with E-state index in [1.165, 1.54) is 0 Å². The van der Waals surface area contributed by atoms with Gasteiger partial charge in [-0.2, -0.15) is 0 Å². The summed E-state index contributed by atoms with van der Waals surface area (Å²) in [6.07, 6.45) is 1.73. The molecule has 4 aromatic rings. The highest BCUT2D eigenvalue weighted by atomic mass is 35.5. The summed E-state index contributed by atoms with van der Waals surface area (Å²) in [7, 11) is 0. The van der Waals surface area contributed by atoms with Crippen molar-refractivity contribution in [2.45, 2.75) is 20.5 Å². The Labute approximate surface area is 202 Å². The van der Waals surface area contributed by atoms with Crippen LogP contribution in [0.4, 0.5) is 5.82 Å². The van der Waals surface area contributed by atoms with E-state index in [9.17, 15) is 4.79 Å². The van der Waals surface area contributed by atoms with Crippen molar-refractivity contribution in [2.24, 2.45) is 0 Å². The third-order valence-electron chi connectivity index (χ3n) is 6.24. The quantitative estimate of drug-likeness (QED) is 0.402. The molecule has 5 rings (SSSR count). The fourth-order valence-electron chi connectivity index (χ4n) is 4.27. The van der Waals surface area contributed by atoms with E-state index in [1.807, 2.05) is 67.3 Å². The number of fused-ring (bicyclic) bond motifs is 1. The van der Waals surface area contributed by atoms with Gasteiger partial charge >= 0.3 is 0 Å². The second-order valence-electron chi connectivity index (χ2n) is 8.37. The molecule has 0 spiro atoms. The molecule has 0 saturated carbocycles. The van der Waals surface area contributed by atoms with Gasteiger partial charge in [-0.3, -0.25) is 4.79 Å². The highest BCUT2D eigenvalue weighted by Gasteiger charge is 2.26. The van der Waals surface area contributed by atoms with E-state index in [-0.39, 0.29) is 12.5 Å². The molecular weight excluding hydrogens is 452 g/mol. The third kappa shape index (κ3) is 4.31. The van der Waals surface area contributed by atoms with Gasteiger partial charge in [-0.15, -0.1) is 0 Å². The Morgan fingerprint density at radius 1 is 1.06 bits per heavy atom. The molecule has 0 N–H and O–H groups in total. The van der Waals surface area contributed by atoms with Gasteiger partial charge in [0.15, 0.2) is 0 Å². The van der Waals surface area contributed by atoms with Crippen molar-refractivity contribution >= 4 is 34.1 Å². The molecule has 2 aromatic heterocycles. The van der Waals surface area contributed by atoms with Crippen LogP contribution < -0.4 is 9.64 Å². The van der Waals surface area contributed by atoms with Crippen LogP contribution in [0.3, 0.4) is 0 Å². The molecule has 0 bridgehead atoms. The van der Waals surface area contributed by atoms with Crippen molar-refractivity contribution in [3.63, 3.8) is 0 Å². The first-order valence-corrected chi connectivity index (χ1v) is 11.6. The first kappa shape index (κ1) is 22.2. The lowest BCUT2D eigenvalue weighted by atomic mass is 10.0. The van der Waals surface area contributed by atoms with Gasteiger partial charge in [-0.1, -0.05) is 41.0 Å². The number of hydrogen-bond acceptors (Lipinski definition) is 6. The topological polar surface area (TPSA) is 71.7 Å². The third-order valence-corrected chi connectivity index (χ3v) is 6.53. The molecule has 7 nitrogen and oxygen atoms in total. The number of carbonyl (C=O) groups excluding carboxylic acids is 1. The molecule has 0 unspecified atom stereocenters. The van der Waals surface area contributed by atoms with Gasteiger partial charge in [0.05, 0.1) is 21.8 Å². The zero-order valence-electron chi connectivity index (χ0n) is 19.1. The second-order valence-corrected chi connectivity index (χ2v) is 8.78. The number of carbonyl (C=O) groups is 1. The Morgan fingerprint density at radius 3 is 2.47 bits per heavy atom. The number of pyridine rings is 1. The van der Waals surface area contributed by atoms with Crippen molar-refractivity contribution in [2.75, 3.05) is 31.1 Å². The number of anilines is 1. The highest BCUT2D eigenvalue weighted by molar-refractivity contribution is 6.32. The maximum absolute atomic E-state index is 13.6. The Bertz CT molecular complexity index is 1330. The molecule has 174 valence electrons. The summed E-state index contributed by atoms with van der Waals surface area (Å²) >= 11 is 6.32. The molecular formula is C26H25ClN4O3. The molecule has 1 saturated heterocycles. The number of piperazine rings is 1. The van der Waals surface area contributed by atoms with E-state index in [0.717, 1.165) is 33.6 Å². The minimum atomic E-state index is -0.0497. The number of hydrogen-bond donors (Lipinski definition) is 0. The molecule has 1 amide bonds. The van der Waals surface area contributed by atoms with Gasteiger partial charge < -0.3 is 19.1 Å². The Hall–Kier alpha value is -3.58. The van der Waals surface area contributed by atoms with Crippen LogP contribution in [0.2, 0.25) is 5.02 Å². The van der Waals surface area contributed by atoms with E-state index in [1.54, 1.807) is 6.20 Å². The van der Waals surface area contributed by atoms with E-state index < -0.39 is 0 Å². The number of halogens is 1. The molecule has 2 aromatic carbocycles. The maximum atomic E-state index is 13.6. The minimum absolute atomic E-state index is 0.0497. The van der Waals surface area contributed by atoms with Crippen LogP contribution in [0.25, 0.3) is 10.8 Å². The van der Waals surface area contributed by atoms with Crippen LogP contribution in [0.15, 0.2) is 59.3 Å². The van der Waals surface area contributed by atoms with Crippen LogP contribution >= 0.6 is 11.6 Å². The number of benzene rings is 2. The average Bonchev–Trinajstić information content (AvgIpc) is 3.19. The molecule has 0 radical (unpaired) electrons. The highest BCUT2D eigenvalue weighted by Crippen LogP contribution is 2.30. The molecule has 0 aliphatic carbocycles. The average molecular weight is 477 g/mol. The van der Waals surface area contributed by atoms with Gasteiger partial charge in [-0.25, -0.2) is 4.98 Å². The largest absolute Gasteiger partial charge is 0.488 e. The fraction of sp³-hybridized carbons (Fsp3) is 0.269. The van der Waals surface area contributed by atoms with Gasteiger partial charge in [0.2, 0.25) is 0 Å². The van der Waals surface area contributed by atoms with Crippen LogP contribution in [-0.4, -0.2) is 47.1 Å². The zero-order chi connectivity index (χ0) is 23.7. The lowest BCUT2D eigenvalue weighted by Crippen LogP contribution is -2.49. The number of ether oxygens (including phenoxy) is 1. The molecule has 1 aliphatic heterocycles. The zero-order valence-corrected chi connectivity index (χ0v) is 19.9. The lowest BCUT2D eigenvalue weighted by Gasteiger charge is -2.36. The van der Waals surface area contributed by atoms with Crippen molar-refractivity contribution < 1.29 is 14.1 Å². The van der Waals surface area contributed by atoms with Crippen LogP contribution in [0.1, 0.15) is 27.4 Å². The van der Waals surface area contributed by atoms with Crippen molar-refractivity contribution in [3.8, 4) is 5.75 Å². The first-order valence-electron chi connectivity index (χ1n) is 11.2. The van der Waals surface area contributed by atoms with Crippen LogP contribution in [0.5, 0.6) is 5.75 Å². The molecule has 34 heavy (non-hydrogen) atoms. The summed E-state index contributed by atoms with van der Waals surface area (Å²) < 4.78 is 11.4. The second kappa shape index (κ2) is 9.35. The minimum Gasteiger partial charge on any atom is -0.488 e. The smallest absolute Gasteiger partial charge is 0.257 e. The monoisotopic (exact) mass is 476 g/mol. The van der Waals surface area contributed by atoms with Crippen molar-refractivity contribution in [1.29, 1.82) is 0 Å². The molecule has 3 heterocycles.